The molecule has 0 saturated heterocycles. The van der Waals surface area contributed by atoms with E-state index in [9.17, 15) is 8.42 Å². The van der Waals surface area contributed by atoms with Crippen LogP contribution in [-0.2, 0) is 16.4 Å². The van der Waals surface area contributed by atoms with E-state index in [1.54, 1.807) is 24.7 Å². The van der Waals surface area contributed by atoms with Crippen LogP contribution in [0.15, 0.2) is 72.1 Å². The molecule has 0 fully saturated rings. The Balaban J connectivity index is 1.69. The Labute approximate surface area is 165 Å². The first-order valence-electron chi connectivity index (χ1n) is 8.75. The molecular weight excluding hydrogens is 382 g/mol. The molecule has 1 unspecified atom stereocenters. The summed E-state index contributed by atoms with van der Waals surface area (Å²) in [6.07, 6.45) is 7.01. The quantitative estimate of drug-likeness (QED) is 0.576. The summed E-state index contributed by atoms with van der Waals surface area (Å²) < 4.78 is 29.9. The summed E-state index contributed by atoms with van der Waals surface area (Å²) in [5, 5.41) is 0. The Kier molecular flexibility index (Phi) is 6.31. The molecule has 0 bridgehead atoms. The first kappa shape index (κ1) is 19.6. The fourth-order valence-electron chi connectivity index (χ4n) is 2.82. The molecule has 1 heterocycles. The number of hydrogen-bond donors (Lipinski definition) is 1. The van der Waals surface area contributed by atoms with Gasteiger partial charge in [0, 0.05) is 30.0 Å². The highest BCUT2D eigenvalue weighted by molar-refractivity contribution is 7.89. The van der Waals surface area contributed by atoms with Crippen molar-refractivity contribution in [3.05, 3.63) is 78.4 Å². The molecule has 2 aromatic carbocycles. The highest BCUT2D eigenvalue weighted by Gasteiger charge is 2.18. The predicted octanol–water partition coefficient (Wildman–Crippen LogP) is 4.08. The molecule has 142 valence electrons. The van der Waals surface area contributed by atoms with Crippen molar-refractivity contribution in [1.82, 2.24) is 14.3 Å². The smallest absolute Gasteiger partial charge is 0.241 e. The van der Waals surface area contributed by atoms with Crippen LogP contribution >= 0.6 is 11.6 Å². The van der Waals surface area contributed by atoms with Crippen LogP contribution in [0.25, 0.3) is 5.69 Å². The van der Waals surface area contributed by atoms with Crippen LogP contribution in [0.4, 0.5) is 0 Å². The lowest BCUT2D eigenvalue weighted by Crippen LogP contribution is -2.26. The first-order chi connectivity index (χ1) is 13.0. The van der Waals surface area contributed by atoms with Gasteiger partial charge in [0.2, 0.25) is 10.0 Å². The number of imidazole rings is 1. The zero-order chi connectivity index (χ0) is 19.3. The number of nitrogens with one attached hydrogen (secondary N) is 1. The summed E-state index contributed by atoms with van der Waals surface area (Å²) in [4.78, 5) is 4.29. The number of aromatic nitrogens is 2. The van der Waals surface area contributed by atoms with Crippen LogP contribution in [0, 0.1) is 0 Å². The van der Waals surface area contributed by atoms with Crippen LogP contribution < -0.4 is 4.72 Å². The van der Waals surface area contributed by atoms with Crippen molar-refractivity contribution >= 4 is 21.6 Å². The normalized spacial score (nSPS) is 12.8. The molecule has 0 radical (unpaired) electrons. The van der Waals surface area contributed by atoms with E-state index in [1.165, 1.54) is 0 Å². The number of benzene rings is 2. The molecule has 27 heavy (non-hydrogen) atoms. The number of halogens is 1. The number of sulfonamides is 1. The summed E-state index contributed by atoms with van der Waals surface area (Å²) in [6.45, 7) is 1.83. The molecule has 3 rings (SSSR count). The van der Waals surface area contributed by atoms with Gasteiger partial charge >= 0.3 is 0 Å². The highest BCUT2D eigenvalue weighted by Crippen LogP contribution is 2.19. The van der Waals surface area contributed by atoms with Gasteiger partial charge in [0.15, 0.2) is 0 Å². The third-order valence-corrected chi connectivity index (χ3v) is 6.18. The van der Waals surface area contributed by atoms with Crippen molar-refractivity contribution in [3.63, 3.8) is 0 Å². The summed E-state index contributed by atoms with van der Waals surface area (Å²) >= 11 is 5.70. The van der Waals surface area contributed by atoms with Crippen LogP contribution in [0.3, 0.4) is 0 Å². The second-order valence-corrected chi connectivity index (χ2v) is 8.43. The van der Waals surface area contributed by atoms with Gasteiger partial charge in [-0.25, -0.2) is 18.1 Å². The van der Waals surface area contributed by atoms with Crippen LogP contribution in [-0.4, -0.2) is 23.8 Å². The number of aryl methyl sites for hydroxylation is 1. The van der Waals surface area contributed by atoms with Gasteiger partial charge in [-0.05, 0) is 55.2 Å². The van der Waals surface area contributed by atoms with Crippen molar-refractivity contribution in [1.29, 1.82) is 0 Å². The SMILES string of the molecule is CC(NS(=O)(=O)c1ccc(CCCCl)cc1)c1ccc(-n2ccnc2)cc1. The number of rotatable bonds is 8. The number of nitrogens with zero attached hydrogens (tertiary/aromatic N) is 2. The lowest BCUT2D eigenvalue weighted by molar-refractivity contribution is 0.567. The standard InChI is InChI=1S/C20H22ClN3O2S/c1-16(18-6-8-19(9-7-18)24-14-13-22-15-24)23-27(25,26)20-10-4-17(5-11-20)3-2-12-21/h4-11,13-16,23H,2-3,12H2,1H3. The summed E-state index contributed by atoms with van der Waals surface area (Å²) in [5.74, 6) is 0.596. The Morgan fingerprint density at radius 1 is 1.11 bits per heavy atom. The molecule has 0 aliphatic carbocycles. The zero-order valence-corrected chi connectivity index (χ0v) is 16.6. The minimum absolute atomic E-state index is 0.263. The van der Waals surface area contributed by atoms with E-state index in [4.69, 9.17) is 11.6 Å². The van der Waals surface area contributed by atoms with Crippen molar-refractivity contribution in [2.75, 3.05) is 5.88 Å². The van der Waals surface area contributed by atoms with Crippen molar-refractivity contribution in [2.45, 2.75) is 30.7 Å². The lowest BCUT2D eigenvalue weighted by atomic mass is 10.1. The lowest BCUT2D eigenvalue weighted by Gasteiger charge is -2.15. The molecular formula is C20H22ClN3O2S. The molecule has 0 saturated carbocycles. The number of alkyl halides is 1. The van der Waals surface area contributed by atoms with E-state index >= 15 is 0 Å². The summed E-state index contributed by atoms with van der Waals surface area (Å²) in [7, 11) is -3.59. The Morgan fingerprint density at radius 3 is 2.41 bits per heavy atom. The van der Waals surface area contributed by atoms with Gasteiger partial charge in [0.05, 0.1) is 11.2 Å². The largest absolute Gasteiger partial charge is 0.306 e. The maximum atomic E-state index is 12.7. The molecule has 0 amide bonds. The average molecular weight is 404 g/mol. The monoisotopic (exact) mass is 403 g/mol. The minimum Gasteiger partial charge on any atom is -0.306 e. The highest BCUT2D eigenvalue weighted by atomic mass is 35.5. The van der Waals surface area contributed by atoms with E-state index in [-0.39, 0.29) is 10.9 Å². The van der Waals surface area contributed by atoms with Gasteiger partial charge in [0.1, 0.15) is 0 Å². The predicted molar refractivity (Wildman–Crippen MR) is 108 cm³/mol. The third kappa shape index (κ3) is 4.97. The van der Waals surface area contributed by atoms with Crippen molar-refractivity contribution in [3.8, 4) is 5.69 Å². The molecule has 1 aromatic heterocycles. The van der Waals surface area contributed by atoms with E-state index in [2.05, 4.69) is 9.71 Å². The van der Waals surface area contributed by atoms with Gasteiger partial charge in [0.25, 0.3) is 0 Å². The molecule has 0 spiro atoms. The second kappa shape index (κ2) is 8.69. The van der Waals surface area contributed by atoms with E-state index in [0.29, 0.717) is 5.88 Å². The fraction of sp³-hybridized carbons (Fsp3) is 0.250. The number of hydrogen-bond acceptors (Lipinski definition) is 3. The zero-order valence-electron chi connectivity index (χ0n) is 15.0. The molecule has 7 heteroatoms. The topological polar surface area (TPSA) is 64.0 Å². The third-order valence-electron chi connectivity index (χ3n) is 4.36. The van der Waals surface area contributed by atoms with Gasteiger partial charge in [-0.3, -0.25) is 0 Å². The molecule has 3 aromatic rings. The van der Waals surface area contributed by atoms with Crippen LogP contribution in [0.1, 0.15) is 30.5 Å². The van der Waals surface area contributed by atoms with Gasteiger partial charge in [-0.2, -0.15) is 0 Å². The Morgan fingerprint density at radius 2 is 1.81 bits per heavy atom. The van der Waals surface area contributed by atoms with Crippen molar-refractivity contribution in [2.24, 2.45) is 0 Å². The summed E-state index contributed by atoms with van der Waals surface area (Å²) in [6, 6.07) is 14.3. The fourth-order valence-corrected chi connectivity index (χ4v) is 4.19. The Bertz CT molecular complexity index is 953. The maximum absolute atomic E-state index is 12.7. The van der Waals surface area contributed by atoms with Crippen LogP contribution in [0.2, 0.25) is 0 Å². The van der Waals surface area contributed by atoms with Gasteiger partial charge in [-0.1, -0.05) is 24.3 Å². The average Bonchev–Trinajstić information content (AvgIpc) is 3.21. The molecule has 5 nitrogen and oxygen atoms in total. The molecule has 1 atom stereocenters. The second-order valence-electron chi connectivity index (χ2n) is 6.34. The van der Waals surface area contributed by atoms with Crippen LogP contribution in [0.5, 0.6) is 0 Å². The molecule has 1 N–H and O–H groups in total. The van der Waals surface area contributed by atoms with E-state index in [1.807, 2.05) is 54.1 Å². The van der Waals surface area contributed by atoms with Gasteiger partial charge < -0.3 is 4.57 Å². The van der Waals surface area contributed by atoms with E-state index in [0.717, 1.165) is 29.7 Å². The Hall–Kier alpha value is -2.15. The molecule has 0 aliphatic rings. The minimum atomic E-state index is -3.59. The summed E-state index contributed by atoms with van der Waals surface area (Å²) in [5.41, 5.74) is 2.94. The molecule has 0 aliphatic heterocycles. The maximum Gasteiger partial charge on any atom is 0.241 e. The van der Waals surface area contributed by atoms with E-state index < -0.39 is 10.0 Å². The van der Waals surface area contributed by atoms with Gasteiger partial charge in [-0.15, -0.1) is 11.6 Å². The van der Waals surface area contributed by atoms with Crippen molar-refractivity contribution < 1.29 is 8.42 Å². The first-order valence-corrected chi connectivity index (χ1v) is 10.8.